The summed E-state index contributed by atoms with van der Waals surface area (Å²) >= 11 is 5.57. The molecule has 2 heterocycles. The lowest BCUT2D eigenvalue weighted by Gasteiger charge is -2.23. The molecule has 112 valence electrons. The Hall–Kier alpha value is -1.51. The van der Waals surface area contributed by atoms with Gasteiger partial charge >= 0.3 is 0 Å². The molecular formula is C12H14ClN5O2S. The first-order chi connectivity index (χ1) is 9.97. The van der Waals surface area contributed by atoms with E-state index in [2.05, 4.69) is 19.8 Å². The highest BCUT2D eigenvalue weighted by Crippen LogP contribution is 2.30. The molecule has 0 aromatic carbocycles. The first-order valence-corrected chi connectivity index (χ1v) is 8.34. The van der Waals surface area contributed by atoms with Crippen LogP contribution in [0.3, 0.4) is 0 Å². The van der Waals surface area contributed by atoms with Crippen LogP contribution in [0.5, 0.6) is 0 Å². The van der Waals surface area contributed by atoms with Gasteiger partial charge in [-0.2, -0.15) is 5.10 Å². The normalized spacial score (nSPS) is 18.5. The Morgan fingerprint density at radius 2 is 2.05 bits per heavy atom. The molecule has 0 amide bonds. The van der Waals surface area contributed by atoms with Crippen molar-refractivity contribution in [3.63, 3.8) is 0 Å². The molecule has 1 aliphatic carbocycles. The summed E-state index contributed by atoms with van der Waals surface area (Å²) in [6, 6.07) is -0.275. The molecule has 1 N–H and O–H groups in total. The van der Waals surface area contributed by atoms with Crippen LogP contribution in [0.15, 0.2) is 23.5 Å². The molecule has 0 saturated carbocycles. The smallest absolute Gasteiger partial charge is 0.244 e. The van der Waals surface area contributed by atoms with Crippen molar-refractivity contribution in [2.75, 3.05) is 0 Å². The Bertz CT molecular complexity index is 756. The number of rotatable bonds is 3. The van der Waals surface area contributed by atoms with E-state index >= 15 is 0 Å². The van der Waals surface area contributed by atoms with E-state index in [1.165, 1.54) is 12.4 Å². The molecule has 2 aromatic rings. The van der Waals surface area contributed by atoms with Crippen LogP contribution >= 0.6 is 11.6 Å². The molecule has 0 fully saturated rings. The van der Waals surface area contributed by atoms with Crippen LogP contribution < -0.4 is 4.72 Å². The summed E-state index contributed by atoms with van der Waals surface area (Å²) in [5, 5.41) is 4.22. The first-order valence-electron chi connectivity index (χ1n) is 6.48. The van der Waals surface area contributed by atoms with Crippen LogP contribution in [0, 0.1) is 0 Å². The zero-order valence-corrected chi connectivity index (χ0v) is 12.9. The monoisotopic (exact) mass is 327 g/mol. The highest BCUT2D eigenvalue weighted by Gasteiger charge is 2.28. The lowest BCUT2D eigenvalue weighted by atomic mass is 9.94. The summed E-state index contributed by atoms with van der Waals surface area (Å²) < 4.78 is 29.2. The molecular weight excluding hydrogens is 314 g/mol. The van der Waals surface area contributed by atoms with Gasteiger partial charge in [-0.3, -0.25) is 4.68 Å². The fraction of sp³-hybridized carbons (Fsp3) is 0.417. The lowest BCUT2D eigenvalue weighted by molar-refractivity contribution is 0.497. The highest BCUT2D eigenvalue weighted by atomic mass is 35.5. The maximum Gasteiger partial charge on any atom is 0.244 e. The van der Waals surface area contributed by atoms with Crippen LogP contribution in [0.2, 0.25) is 5.28 Å². The fourth-order valence-electron chi connectivity index (χ4n) is 2.52. The molecule has 0 saturated heterocycles. The van der Waals surface area contributed by atoms with Gasteiger partial charge in [-0.15, -0.1) is 0 Å². The van der Waals surface area contributed by atoms with Crippen molar-refractivity contribution in [1.82, 2.24) is 24.5 Å². The zero-order valence-electron chi connectivity index (χ0n) is 11.3. The second kappa shape index (κ2) is 5.36. The number of nitrogens with one attached hydrogen (secondary N) is 1. The first kappa shape index (κ1) is 14.4. The van der Waals surface area contributed by atoms with E-state index in [0.29, 0.717) is 0 Å². The average molecular weight is 328 g/mol. The van der Waals surface area contributed by atoms with Crippen LogP contribution in [-0.2, 0) is 23.5 Å². The maximum absolute atomic E-state index is 12.4. The number of hydrogen-bond donors (Lipinski definition) is 1. The van der Waals surface area contributed by atoms with Gasteiger partial charge in [0.1, 0.15) is 4.90 Å². The molecule has 7 nitrogen and oxygen atoms in total. The summed E-state index contributed by atoms with van der Waals surface area (Å²) in [4.78, 5) is 7.41. The average Bonchev–Trinajstić information content (AvgIpc) is 2.82. The molecule has 9 heteroatoms. The molecule has 0 radical (unpaired) electrons. The summed E-state index contributed by atoms with van der Waals surface area (Å²) in [7, 11) is -1.82. The van der Waals surface area contributed by atoms with E-state index in [-0.39, 0.29) is 16.2 Å². The van der Waals surface area contributed by atoms with Gasteiger partial charge in [0.2, 0.25) is 15.3 Å². The van der Waals surface area contributed by atoms with Crippen LogP contribution in [0.25, 0.3) is 0 Å². The number of hydrogen-bond acceptors (Lipinski definition) is 5. The Balaban J connectivity index is 1.88. The summed E-state index contributed by atoms with van der Waals surface area (Å²) in [5.41, 5.74) is 2.00. The number of nitrogens with zero attached hydrogens (tertiary/aromatic N) is 4. The van der Waals surface area contributed by atoms with Gasteiger partial charge in [0.05, 0.1) is 24.6 Å². The topological polar surface area (TPSA) is 89.8 Å². The van der Waals surface area contributed by atoms with E-state index in [9.17, 15) is 8.42 Å². The maximum atomic E-state index is 12.4. The second-order valence-electron chi connectivity index (χ2n) is 4.92. The molecule has 0 aliphatic heterocycles. The zero-order chi connectivity index (χ0) is 15.0. The van der Waals surface area contributed by atoms with Crippen LogP contribution in [-0.4, -0.2) is 28.2 Å². The van der Waals surface area contributed by atoms with Gasteiger partial charge in [-0.05, 0) is 30.9 Å². The molecule has 21 heavy (non-hydrogen) atoms. The molecule has 1 atom stereocenters. The van der Waals surface area contributed by atoms with Crippen molar-refractivity contribution in [3.05, 3.63) is 35.1 Å². The van der Waals surface area contributed by atoms with Crippen LogP contribution in [0.1, 0.15) is 30.1 Å². The van der Waals surface area contributed by atoms with Crippen molar-refractivity contribution in [2.45, 2.75) is 30.2 Å². The van der Waals surface area contributed by atoms with E-state index < -0.39 is 10.0 Å². The molecule has 0 spiro atoms. The van der Waals surface area contributed by atoms with E-state index in [0.717, 1.165) is 30.5 Å². The minimum atomic E-state index is -3.68. The number of sulfonamides is 1. The number of aromatic nitrogens is 4. The molecule has 1 unspecified atom stereocenters. The standard InChI is InChI=1S/C12H14ClN5O2S/c1-18-11-4-2-3-10(9(11)7-16-18)17-21(19,20)8-5-14-12(13)15-6-8/h5-7,10,17H,2-4H2,1H3. The van der Waals surface area contributed by atoms with Gasteiger partial charge < -0.3 is 0 Å². The third kappa shape index (κ3) is 2.78. The van der Waals surface area contributed by atoms with E-state index in [1.54, 1.807) is 10.9 Å². The molecule has 0 bridgehead atoms. The van der Waals surface area contributed by atoms with Gasteiger partial charge in [-0.25, -0.2) is 23.1 Å². The van der Waals surface area contributed by atoms with Gasteiger partial charge in [0.15, 0.2) is 0 Å². The van der Waals surface area contributed by atoms with Gasteiger partial charge in [-0.1, -0.05) is 0 Å². The molecule has 1 aliphatic rings. The third-order valence-electron chi connectivity index (χ3n) is 3.58. The minimum absolute atomic E-state index is 0.00270. The lowest BCUT2D eigenvalue weighted by Crippen LogP contribution is -2.31. The number of fused-ring (bicyclic) bond motifs is 1. The Morgan fingerprint density at radius 3 is 2.76 bits per heavy atom. The van der Waals surface area contributed by atoms with Gasteiger partial charge in [0, 0.05) is 18.3 Å². The highest BCUT2D eigenvalue weighted by molar-refractivity contribution is 7.89. The van der Waals surface area contributed by atoms with E-state index in [4.69, 9.17) is 11.6 Å². The predicted octanol–water partition coefficient (Wildman–Crippen LogP) is 1.22. The number of aryl methyl sites for hydroxylation is 1. The van der Waals surface area contributed by atoms with E-state index in [1.807, 2.05) is 7.05 Å². The summed E-state index contributed by atoms with van der Waals surface area (Å²) in [6.07, 6.45) is 6.69. The predicted molar refractivity (Wildman–Crippen MR) is 76.3 cm³/mol. The molecule has 3 rings (SSSR count). The van der Waals surface area contributed by atoms with Crippen molar-refractivity contribution in [2.24, 2.45) is 7.05 Å². The Morgan fingerprint density at radius 1 is 1.33 bits per heavy atom. The minimum Gasteiger partial charge on any atom is -0.272 e. The summed E-state index contributed by atoms with van der Waals surface area (Å²) in [5.74, 6) is 0. The SMILES string of the molecule is Cn1ncc2c1CCCC2NS(=O)(=O)c1cnc(Cl)nc1. The quantitative estimate of drug-likeness (QED) is 0.856. The Labute approximate surface area is 127 Å². The fourth-order valence-corrected chi connectivity index (χ4v) is 3.76. The largest absolute Gasteiger partial charge is 0.272 e. The van der Waals surface area contributed by atoms with Crippen molar-refractivity contribution < 1.29 is 8.42 Å². The van der Waals surface area contributed by atoms with Crippen molar-refractivity contribution in [3.8, 4) is 0 Å². The van der Waals surface area contributed by atoms with Crippen LogP contribution in [0.4, 0.5) is 0 Å². The second-order valence-corrected chi connectivity index (χ2v) is 6.98. The molecule has 2 aromatic heterocycles. The number of halogens is 1. The third-order valence-corrected chi connectivity index (χ3v) is 5.20. The van der Waals surface area contributed by atoms with Gasteiger partial charge in [0.25, 0.3) is 0 Å². The Kier molecular flexibility index (Phi) is 3.68. The summed E-state index contributed by atoms with van der Waals surface area (Å²) in [6.45, 7) is 0. The van der Waals surface area contributed by atoms with Crippen molar-refractivity contribution >= 4 is 21.6 Å². The van der Waals surface area contributed by atoms with Crippen molar-refractivity contribution in [1.29, 1.82) is 0 Å².